The minimum absolute atomic E-state index is 0.0129. The van der Waals surface area contributed by atoms with Crippen molar-refractivity contribution >= 4 is 0 Å². The van der Waals surface area contributed by atoms with Crippen molar-refractivity contribution in [3.8, 4) is 0 Å². The second-order valence-electron chi connectivity index (χ2n) is 4.86. The quantitative estimate of drug-likeness (QED) is 0.759. The first kappa shape index (κ1) is 12.3. The SMILES string of the molecule is Cn1nnnc1C(N)C1(O)CC(CF)(CF)C1. The number of nitrogens with zero attached hydrogens (tertiary/aromatic N) is 4. The van der Waals surface area contributed by atoms with Gasteiger partial charge >= 0.3 is 0 Å². The predicted molar refractivity (Wildman–Crippen MR) is 54.3 cm³/mol. The summed E-state index contributed by atoms with van der Waals surface area (Å²) in [5.74, 6) is 0.304. The summed E-state index contributed by atoms with van der Waals surface area (Å²) in [5.41, 5.74) is 3.43. The summed E-state index contributed by atoms with van der Waals surface area (Å²) in [6.45, 7) is -1.59. The average Bonchev–Trinajstić information content (AvgIpc) is 2.70. The van der Waals surface area contributed by atoms with Gasteiger partial charge in [-0.25, -0.2) is 4.68 Å². The number of tetrazole rings is 1. The number of hydrogen-bond acceptors (Lipinski definition) is 5. The largest absolute Gasteiger partial charge is 0.388 e. The molecule has 0 amide bonds. The fraction of sp³-hybridized carbons (Fsp3) is 0.889. The summed E-state index contributed by atoms with van der Waals surface area (Å²) in [4.78, 5) is 0. The maximum atomic E-state index is 12.7. The summed E-state index contributed by atoms with van der Waals surface area (Å²) >= 11 is 0. The Hall–Kier alpha value is -1.15. The van der Waals surface area contributed by atoms with E-state index in [4.69, 9.17) is 5.73 Å². The van der Waals surface area contributed by atoms with E-state index < -0.39 is 30.4 Å². The fourth-order valence-corrected chi connectivity index (χ4v) is 2.43. The van der Waals surface area contributed by atoms with E-state index >= 15 is 0 Å². The van der Waals surface area contributed by atoms with Crippen LogP contribution in [0.4, 0.5) is 8.78 Å². The van der Waals surface area contributed by atoms with Crippen LogP contribution in [-0.2, 0) is 7.05 Å². The Kier molecular flexibility index (Phi) is 2.86. The predicted octanol–water partition coefficient (Wildman–Crippen LogP) is -0.340. The van der Waals surface area contributed by atoms with Gasteiger partial charge in [0, 0.05) is 12.5 Å². The van der Waals surface area contributed by atoms with Crippen molar-refractivity contribution in [1.82, 2.24) is 20.2 Å². The van der Waals surface area contributed by atoms with Crippen molar-refractivity contribution in [2.45, 2.75) is 24.5 Å². The van der Waals surface area contributed by atoms with Gasteiger partial charge in [0.2, 0.25) is 0 Å². The number of aromatic nitrogens is 4. The number of nitrogens with two attached hydrogens (primary N) is 1. The Labute approximate surface area is 96.8 Å². The fourth-order valence-electron chi connectivity index (χ4n) is 2.43. The summed E-state index contributed by atoms with van der Waals surface area (Å²) in [7, 11) is 1.59. The van der Waals surface area contributed by atoms with Crippen molar-refractivity contribution in [2.24, 2.45) is 18.2 Å². The highest BCUT2D eigenvalue weighted by Crippen LogP contribution is 2.53. The van der Waals surface area contributed by atoms with Gasteiger partial charge in [0.1, 0.15) is 0 Å². The summed E-state index contributed by atoms with van der Waals surface area (Å²) in [5, 5.41) is 20.9. The first-order valence-electron chi connectivity index (χ1n) is 5.28. The molecule has 1 heterocycles. The van der Waals surface area contributed by atoms with Gasteiger partial charge in [0.15, 0.2) is 5.82 Å². The van der Waals surface area contributed by atoms with E-state index in [2.05, 4.69) is 15.5 Å². The van der Waals surface area contributed by atoms with E-state index in [9.17, 15) is 13.9 Å². The molecule has 0 aromatic carbocycles. The van der Waals surface area contributed by atoms with Crippen molar-refractivity contribution in [3.63, 3.8) is 0 Å². The topological polar surface area (TPSA) is 89.9 Å². The van der Waals surface area contributed by atoms with E-state index in [-0.39, 0.29) is 12.8 Å². The number of alkyl halides is 2. The molecule has 1 unspecified atom stereocenters. The van der Waals surface area contributed by atoms with Crippen LogP contribution in [0.1, 0.15) is 24.7 Å². The Morgan fingerprint density at radius 3 is 2.47 bits per heavy atom. The smallest absolute Gasteiger partial charge is 0.170 e. The molecular weight excluding hydrogens is 232 g/mol. The molecule has 8 heteroatoms. The molecule has 1 saturated carbocycles. The zero-order chi connectivity index (χ0) is 12.7. The number of halogens is 2. The van der Waals surface area contributed by atoms with Gasteiger partial charge in [-0.1, -0.05) is 0 Å². The van der Waals surface area contributed by atoms with Gasteiger partial charge in [-0.3, -0.25) is 8.78 Å². The van der Waals surface area contributed by atoms with Gasteiger partial charge in [-0.2, -0.15) is 0 Å². The third-order valence-electron chi connectivity index (χ3n) is 3.44. The van der Waals surface area contributed by atoms with Crippen LogP contribution >= 0.6 is 0 Å². The van der Waals surface area contributed by atoms with Crippen molar-refractivity contribution in [2.75, 3.05) is 13.3 Å². The third kappa shape index (κ3) is 1.81. The molecular formula is C9H15F2N5O. The Bertz CT molecular complexity index is 398. The Morgan fingerprint density at radius 2 is 2.06 bits per heavy atom. The average molecular weight is 247 g/mol. The molecule has 0 spiro atoms. The summed E-state index contributed by atoms with van der Waals surface area (Å²) < 4.78 is 26.7. The van der Waals surface area contributed by atoms with Crippen LogP contribution in [-0.4, -0.2) is 44.3 Å². The van der Waals surface area contributed by atoms with E-state index in [0.717, 1.165) is 0 Å². The van der Waals surface area contributed by atoms with Gasteiger partial charge < -0.3 is 10.8 Å². The van der Waals surface area contributed by atoms with Crippen LogP contribution in [0.2, 0.25) is 0 Å². The molecule has 1 aliphatic rings. The van der Waals surface area contributed by atoms with Crippen LogP contribution in [0, 0.1) is 5.41 Å². The molecule has 0 radical (unpaired) electrons. The summed E-state index contributed by atoms with van der Waals surface area (Å²) in [6.07, 6.45) is -0.0257. The zero-order valence-corrected chi connectivity index (χ0v) is 9.48. The first-order valence-corrected chi connectivity index (χ1v) is 5.28. The highest BCUT2D eigenvalue weighted by atomic mass is 19.1. The number of aliphatic hydroxyl groups is 1. The van der Waals surface area contributed by atoms with Crippen LogP contribution in [0.15, 0.2) is 0 Å². The Morgan fingerprint density at radius 1 is 1.47 bits per heavy atom. The van der Waals surface area contributed by atoms with E-state index in [1.165, 1.54) is 4.68 Å². The molecule has 17 heavy (non-hydrogen) atoms. The molecule has 1 aliphatic carbocycles. The zero-order valence-electron chi connectivity index (χ0n) is 9.48. The molecule has 2 rings (SSSR count). The monoisotopic (exact) mass is 247 g/mol. The Balaban J connectivity index is 2.13. The first-order chi connectivity index (χ1) is 7.96. The van der Waals surface area contributed by atoms with Crippen LogP contribution in [0.25, 0.3) is 0 Å². The molecule has 96 valence electrons. The standard InChI is InChI=1S/C9H15F2N5O/c1-16-7(13-14-15-16)6(12)9(17)2-8(3-9,4-10)5-11/h6,17H,2-5,12H2,1H3. The van der Waals surface area contributed by atoms with Gasteiger partial charge in [-0.15, -0.1) is 5.10 Å². The molecule has 0 aliphatic heterocycles. The minimum atomic E-state index is -1.33. The molecule has 3 N–H and O–H groups in total. The lowest BCUT2D eigenvalue weighted by Crippen LogP contribution is -2.59. The molecule has 0 bridgehead atoms. The van der Waals surface area contributed by atoms with Gasteiger partial charge in [0.05, 0.1) is 25.0 Å². The lowest BCUT2D eigenvalue weighted by molar-refractivity contribution is -0.160. The number of hydrogen-bond donors (Lipinski definition) is 2. The minimum Gasteiger partial charge on any atom is -0.388 e. The van der Waals surface area contributed by atoms with Crippen LogP contribution in [0.3, 0.4) is 0 Å². The maximum absolute atomic E-state index is 12.7. The van der Waals surface area contributed by atoms with Crippen LogP contribution < -0.4 is 5.73 Å². The van der Waals surface area contributed by atoms with Crippen molar-refractivity contribution in [3.05, 3.63) is 5.82 Å². The maximum Gasteiger partial charge on any atom is 0.170 e. The molecule has 6 nitrogen and oxygen atoms in total. The van der Waals surface area contributed by atoms with Crippen molar-refractivity contribution < 1.29 is 13.9 Å². The second-order valence-corrected chi connectivity index (χ2v) is 4.86. The molecule has 1 fully saturated rings. The third-order valence-corrected chi connectivity index (χ3v) is 3.44. The lowest BCUT2D eigenvalue weighted by atomic mass is 9.57. The molecule has 1 aromatic heterocycles. The van der Waals surface area contributed by atoms with Crippen LogP contribution in [0.5, 0.6) is 0 Å². The number of rotatable bonds is 4. The lowest BCUT2D eigenvalue weighted by Gasteiger charge is -2.52. The highest BCUT2D eigenvalue weighted by molar-refractivity contribution is 5.13. The van der Waals surface area contributed by atoms with Gasteiger partial charge in [-0.05, 0) is 23.3 Å². The van der Waals surface area contributed by atoms with E-state index in [1.54, 1.807) is 7.05 Å². The van der Waals surface area contributed by atoms with E-state index in [0.29, 0.717) is 5.82 Å². The van der Waals surface area contributed by atoms with Crippen molar-refractivity contribution in [1.29, 1.82) is 0 Å². The van der Waals surface area contributed by atoms with Gasteiger partial charge in [0.25, 0.3) is 0 Å². The second kappa shape index (κ2) is 3.95. The molecule has 0 saturated heterocycles. The normalized spacial score (nSPS) is 23.1. The molecule has 1 aromatic rings. The summed E-state index contributed by atoms with van der Waals surface area (Å²) in [6, 6.07) is -0.839. The molecule has 1 atom stereocenters. The van der Waals surface area contributed by atoms with E-state index in [1.807, 2.05) is 0 Å². The number of aryl methyl sites for hydroxylation is 1. The highest BCUT2D eigenvalue weighted by Gasteiger charge is 2.58.